The molecule has 3 saturated carbocycles. The number of fused-ring (bicyclic) bond motifs is 2. The molecule has 0 radical (unpaired) electrons. The van der Waals surface area contributed by atoms with Crippen molar-refractivity contribution in [3.05, 3.63) is 34.4 Å². The Bertz CT molecular complexity index is 905. The molecular formula is C21H25ClF3NO2. The first-order valence-electron chi connectivity index (χ1n) is 11.1. The van der Waals surface area contributed by atoms with Gasteiger partial charge in [-0.2, -0.15) is 0 Å². The second-order valence-electron chi connectivity index (χ2n) is 8.88. The van der Waals surface area contributed by atoms with Crippen molar-refractivity contribution in [2.24, 2.45) is 16.6 Å². The number of nitrogens with two attached hydrogens (primary N) is 1. The number of carbonyl (C=O) groups is 1. The van der Waals surface area contributed by atoms with Crippen LogP contribution in [0.1, 0.15) is 67.0 Å². The van der Waals surface area contributed by atoms with E-state index in [1.165, 1.54) is 0 Å². The Morgan fingerprint density at radius 3 is 2.61 bits per heavy atom. The van der Waals surface area contributed by atoms with Crippen LogP contribution in [0.5, 0.6) is 0 Å². The smallest absolute Gasteiger partial charge is 0.224 e. The fourth-order valence-corrected chi connectivity index (χ4v) is 6.47. The van der Waals surface area contributed by atoms with Crippen LogP contribution in [0.25, 0.3) is 0 Å². The molecule has 7 heteroatoms. The van der Waals surface area contributed by atoms with E-state index >= 15 is 13.2 Å². The van der Waals surface area contributed by atoms with Gasteiger partial charge in [0, 0.05) is 18.5 Å². The molecule has 4 rings (SSSR count). The minimum Gasteiger partial charge on any atom is -0.381 e. The van der Waals surface area contributed by atoms with Crippen LogP contribution in [0.4, 0.5) is 13.2 Å². The second kappa shape index (κ2) is 6.63. The molecule has 154 valence electrons. The highest BCUT2D eigenvalue weighted by molar-refractivity contribution is 6.30. The average molecular weight is 419 g/mol. The highest BCUT2D eigenvalue weighted by Gasteiger charge is 2.65. The molecule has 3 atom stereocenters. The Morgan fingerprint density at radius 1 is 1.32 bits per heavy atom. The summed E-state index contributed by atoms with van der Waals surface area (Å²) in [5.74, 6) is -3.71. The molecular weight excluding hydrogens is 391 g/mol. The molecule has 3 fully saturated rings. The molecule has 2 unspecified atom stereocenters. The van der Waals surface area contributed by atoms with Crippen LogP contribution in [0.15, 0.2) is 12.1 Å². The summed E-state index contributed by atoms with van der Waals surface area (Å²) in [4.78, 5) is 12.9. The van der Waals surface area contributed by atoms with E-state index in [1.54, 1.807) is 0 Å². The van der Waals surface area contributed by atoms with E-state index in [-0.39, 0.29) is 49.1 Å². The molecule has 28 heavy (non-hydrogen) atoms. The summed E-state index contributed by atoms with van der Waals surface area (Å²) >= 11 is 5.98. The summed E-state index contributed by atoms with van der Waals surface area (Å²) < 4.78 is 72.9. The summed E-state index contributed by atoms with van der Waals surface area (Å²) in [6.45, 7) is 0. The summed E-state index contributed by atoms with van der Waals surface area (Å²) in [6, 6.07) is 2.14. The zero-order chi connectivity index (χ0) is 22.8. The van der Waals surface area contributed by atoms with Crippen LogP contribution < -0.4 is 5.73 Å². The molecule has 3 aliphatic rings. The predicted octanol–water partition coefficient (Wildman–Crippen LogP) is 5.04. The molecule has 0 aromatic heterocycles. The number of halogens is 4. The number of amides is 1. The van der Waals surface area contributed by atoms with Gasteiger partial charge in [0.1, 0.15) is 17.3 Å². The van der Waals surface area contributed by atoms with Gasteiger partial charge in [-0.3, -0.25) is 4.79 Å². The first-order chi connectivity index (χ1) is 14.3. The second-order valence-corrected chi connectivity index (χ2v) is 9.29. The summed E-state index contributed by atoms with van der Waals surface area (Å²) in [6.07, 6.45) is 0.655. The topological polar surface area (TPSA) is 52.3 Å². The van der Waals surface area contributed by atoms with Gasteiger partial charge in [0.15, 0.2) is 0 Å². The first-order valence-corrected chi connectivity index (χ1v) is 9.99. The number of hydrogen-bond acceptors (Lipinski definition) is 2. The third-order valence-electron chi connectivity index (χ3n) is 7.51. The largest absolute Gasteiger partial charge is 0.381 e. The van der Waals surface area contributed by atoms with E-state index in [2.05, 4.69) is 0 Å². The maximum absolute atomic E-state index is 15.3. The van der Waals surface area contributed by atoms with E-state index in [9.17, 15) is 4.79 Å². The van der Waals surface area contributed by atoms with Crippen LogP contribution in [-0.2, 0) is 9.53 Å². The molecule has 1 aromatic rings. The summed E-state index contributed by atoms with van der Waals surface area (Å²) in [5.41, 5.74) is 1.72. The molecule has 0 aliphatic heterocycles. The molecule has 1 amide bonds. The van der Waals surface area contributed by atoms with E-state index in [0.717, 1.165) is 12.1 Å². The normalized spacial score (nSPS) is 40.1. The predicted molar refractivity (Wildman–Crippen MR) is 99.7 cm³/mol. The lowest BCUT2D eigenvalue weighted by Crippen LogP contribution is -2.47. The fourth-order valence-electron chi connectivity index (χ4n) is 6.30. The quantitative estimate of drug-likeness (QED) is 0.680. The molecule has 2 N–H and O–H groups in total. The zero-order valence-electron chi connectivity index (χ0n) is 18.4. The Kier molecular flexibility index (Phi) is 3.91. The molecule has 0 saturated heterocycles. The fraction of sp³-hybridized carbons (Fsp3) is 0.667. The summed E-state index contributed by atoms with van der Waals surface area (Å²) in [7, 11) is -2.69. The molecule has 3 nitrogen and oxygen atoms in total. The molecule has 0 heterocycles. The van der Waals surface area contributed by atoms with Gasteiger partial charge in [-0.25, -0.2) is 13.2 Å². The maximum Gasteiger partial charge on any atom is 0.224 e. The van der Waals surface area contributed by atoms with E-state index < -0.39 is 53.1 Å². The number of methoxy groups -OCH3 is 1. The first kappa shape index (κ1) is 16.5. The van der Waals surface area contributed by atoms with Crippen LogP contribution in [0.3, 0.4) is 0 Å². The maximum atomic E-state index is 15.3. The Labute approximate surface area is 172 Å². The van der Waals surface area contributed by atoms with Crippen molar-refractivity contribution in [3.63, 3.8) is 0 Å². The zero-order valence-corrected chi connectivity index (χ0v) is 16.1. The van der Waals surface area contributed by atoms with E-state index in [4.69, 9.17) is 26.2 Å². The van der Waals surface area contributed by atoms with E-state index in [0.29, 0.717) is 12.8 Å². The number of carbonyl (C=O) groups excluding carboxylic acids is 1. The van der Waals surface area contributed by atoms with Crippen LogP contribution in [0.2, 0.25) is 5.02 Å². The number of primary amides is 1. The molecule has 2 bridgehead atoms. The highest BCUT2D eigenvalue weighted by Crippen LogP contribution is 2.70. The Hall–Kier alpha value is -1.27. The third kappa shape index (κ3) is 2.78. The van der Waals surface area contributed by atoms with Gasteiger partial charge in [0.05, 0.1) is 20.7 Å². The lowest BCUT2D eigenvalue weighted by molar-refractivity contribution is -0.132. The number of benzene rings is 1. The average Bonchev–Trinajstić information content (AvgIpc) is 3.32. The van der Waals surface area contributed by atoms with Crippen LogP contribution in [0, 0.1) is 22.5 Å². The SMILES string of the molecule is [2H]C([2H])([2H])OC1CCC(C(N)=O)([C@@H](c2c(F)ccc(Cl)c2F)C23CCC(F)(CC2)C3)C1. The van der Waals surface area contributed by atoms with Crippen molar-refractivity contribution in [1.82, 2.24) is 0 Å². The van der Waals surface area contributed by atoms with Crippen molar-refractivity contribution in [2.45, 2.75) is 69.1 Å². The van der Waals surface area contributed by atoms with Gasteiger partial charge in [-0.1, -0.05) is 11.6 Å². The lowest BCUT2D eigenvalue weighted by Gasteiger charge is -2.46. The van der Waals surface area contributed by atoms with Crippen LogP contribution in [-0.4, -0.2) is 24.7 Å². The molecule has 1 aromatic carbocycles. The Morgan fingerprint density at radius 2 is 2.04 bits per heavy atom. The van der Waals surface area contributed by atoms with Gasteiger partial charge in [0.2, 0.25) is 5.91 Å². The van der Waals surface area contributed by atoms with E-state index in [1.807, 2.05) is 0 Å². The van der Waals surface area contributed by atoms with Crippen molar-refractivity contribution in [2.75, 3.05) is 7.04 Å². The number of hydrogen-bond donors (Lipinski definition) is 1. The summed E-state index contributed by atoms with van der Waals surface area (Å²) in [5, 5.41) is -0.298. The minimum absolute atomic E-state index is 0.0793. The van der Waals surface area contributed by atoms with Crippen LogP contribution >= 0.6 is 11.6 Å². The van der Waals surface area contributed by atoms with Crippen molar-refractivity contribution in [3.8, 4) is 0 Å². The van der Waals surface area contributed by atoms with Crippen molar-refractivity contribution >= 4 is 17.5 Å². The van der Waals surface area contributed by atoms with Gasteiger partial charge in [-0.15, -0.1) is 0 Å². The molecule has 3 aliphatic carbocycles. The number of ether oxygens (including phenoxy) is 1. The number of rotatable bonds is 5. The van der Waals surface area contributed by atoms with Crippen molar-refractivity contribution < 1.29 is 26.8 Å². The monoisotopic (exact) mass is 418 g/mol. The standard InChI is InChI=1S/C21H25ClF3NO2/c1-28-12-4-5-21(10-12,18(26)27)17(15-14(23)3-2-13(22)16(15)24)19-6-8-20(25,11-19)9-7-19/h2-3,12,17H,4-11H2,1H3,(H2,26,27)/t12?,17-,19?,20?,21?/m0/s1/i1D3. The Balaban J connectivity index is 1.87. The number of alkyl halides is 1. The van der Waals surface area contributed by atoms with Gasteiger partial charge < -0.3 is 10.5 Å². The third-order valence-corrected chi connectivity index (χ3v) is 7.80. The van der Waals surface area contributed by atoms with Gasteiger partial charge in [0.25, 0.3) is 0 Å². The minimum atomic E-state index is -2.69. The van der Waals surface area contributed by atoms with Gasteiger partial charge >= 0.3 is 0 Å². The highest BCUT2D eigenvalue weighted by atomic mass is 35.5. The van der Waals surface area contributed by atoms with Crippen molar-refractivity contribution in [1.29, 1.82) is 0 Å². The lowest BCUT2D eigenvalue weighted by atomic mass is 9.56. The molecule has 0 spiro atoms. The van der Waals surface area contributed by atoms with Gasteiger partial charge in [-0.05, 0) is 68.9 Å².